The fourth-order valence-corrected chi connectivity index (χ4v) is 4.24. The molecule has 0 aromatic rings. The third kappa shape index (κ3) is 11.8. The minimum atomic E-state index is -0.0162. The molecular formula is C27H55NO4. The molecule has 1 rings (SSSR count). The highest BCUT2D eigenvalue weighted by atomic mass is 16.6. The van der Waals surface area contributed by atoms with Crippen LogP contribution < -0.4 is 0 Å². The number of hydrogen-bond donors (Lipinski definition) is 0. The summed E-state index contributed by atoms with van der Waals surface area (Å²) in [6.07, 6.45) is 12.7. The predicted octanol–water partition coefficient (Wildman–Crippen LogP) is 6.23. The van der Waals surface area contributed by atoms with Crippen LogP contribution in [0.15, 0.2) is 0 Å². The minimum Gasteiger partial charge on any atom is -0.380 e. The molecule has 5 nitrogen and oxygen atoms in total. The van der Waals surface area contributed by atoms with Crippen LogP contribution in [0.4, 0.5) is 0 Å². The van der Waals surface area contributed by atoms with Gasteiger partial charge in [0, 0.05) is 33.0 Å². The van der Waals surface area contributed by atoms with Gasteiger partial charge in [0.25, 0.3) is 0 Å². The first-order valence-corrected chi connectivity index (χ1v) is 13.9. The van der Waals surface area contributed by atoms with Crippen LogP contribution in [0, 0.1) is 0 Å². The standard InChI is InChI=1S/C27H55NO4/c1-6-11-16-17-28-22-25(30-19-13-8-3)27(32-21-15-10-5)26(31-20-14-9-4)24(28)23-29-18-12-7-2/h24-27H,6-23H2,1-5H3. The fourth-order valence-electron chi connectivity index (χ4n) is 4.24. The van der Waals surface area contributed by atoms with E-state index in [4.69, 9.17) is 18.9 Å². The molecule has 0 saturated carbocycles. The molecule has 0 N–H and O–H groups in total. The Morgan fingerprint density at radius 1 is 0.594 bits per heavy atom. The summed E-state index contributed by atoms with van der Waals surface area (Å²) in [6.45, 7) is 17.1. The van der Waals surface area contributed by atoms with E-state index in [1.165, 1.54) is 19.3 Å². The van der Waals surface area contributed by atoms with Crippen molar-refractivity contribution in [2.24, 2.45) is 0 Å². The highest BCUT2D eigenvalue weighted by molar-refractivity contribution is 4.97. The molecular weight excluding hydrogens is 402 g/mol. The van der Waals surface area contributed by atoms with Crippen LogP contribution in [0.2, 0.25) is 0 Å². The summed E-state index contributed by atoms with van der Waals surface area (Å²) in [5.41, 5.74) is 0. The van der Waals surface area contributed by atoms with E-state index in [1.54, 1.807) is 0 Å². The third-order valence-corrected chi connectivity index (χ3v) is 6.38. The van der Waals surface area contributed by atoms with E-state index in [2.05, 4.69) is 39.5 Å². The Kier molecular flexibility index (Phi) is 18.8. The van der Waals surface area contributed by atoms with Crippen molar-refractivity contribution in [3.05, 3.63) is 0 Å². The summed E-state index contributed by atoms with van der Waals surface area (Å²) < 4.78 is 25.7. The summed E-state index contributed by atoms with van der Waals surface area (Å²) in [7, 11) is 0. The van der Waals surface area contributed by atoms with Crippen molar-refractivity contribution in [2.45, 2.75) is 130 Å². The van der Waals surface area contributed by atoms with Gasteiger partial charge in [0.2, 0.25) is 0 Å². The van der Waals surface area contributed by atoms with Gasteiger partial charge >= 0.3 is 0 Å². The van der Waals surface area contributed by atoms with Crippen molar-refractivity contribution in [1.82, 2.24) is 4.90 Å². The van der Waals surface area contributed by atoms with Gasteiger partial charge in [-0.05, 0) is 38.6 Å². The molecule has 0 amide bonds. The monoisotopic (exact) mass is 457 g/mol. The molecule has 192 valence electrons. The predicted molar refractivity (Wildman–Crippen MR) is 135 cm³/mol. The lowest BCUT2D eigenvalue weighted by atomic mass is 9.92. The Morgan fingerprint density at radius 3 is 1.72 bits per heavy atom. The highest BCUT2D eigenvalue weighted by Crippen LogP contribution is 2.28. The molecule has 1 aliphatic heterocycles. The van der Waals surface area contributed by atoms with E-state index in [0.717, 1.165) is 97.5 Å². The van der Waals surface area contributed by atoms with Gasteiger partial charge in [-0.15, -0.1) is 0 Å². The second kappa shape index (κ2) is 20.2. The molecule has 0 radical (unpaired) electrons. The van der Waals surface area contributed by atoms with Crippen LogP contribution in [-0.2, 0) is 18.9 Å². The number of unbranched alkanes of at least 4 members (excludes halogenated alkanes) is 6. The Balaban J connectivity index is 3.03. The van der Waals surface area contributed by atoms with Crippen LogP contribution in [0.5, 0.6) is 0 Å². The first-order chi connectivity index (χ1) is 15.7. The number of rotatable bonds is 21. The summed E-state index contributed by atoms with van der Waals surface area (Å²) in [5.74, 6) is 0. The van der Waals surface area contributed by atoms with Gasteiger partial charge in [-0.2, -0.15) is 0 Å². The van der Waals surface area contributed by atoms with E-state index in [1.807, 2.05) is 0 Å². The van der Waals surface area contributed by atoms with E-state index >= 15 is 0 Å². The molecule has 0 aromatic heterocycles. The second-order valence-corrected chi connectivity index (χ2v) is 9.34. The molecule has 4 unspecified atom stereocenters. The molecule has 1 saturated heterocycles. The van der Waals surface area contributed by atoms with Gasteiger partial charge in [-0.25, -0.2) is 0 Å². The molecule has 0 aliphatic carbocycles. The molecule has 1 heterocycles. The average molecular weight is 458 g/mol. The lowest BCUT2D eigenvalue weighted by Crippen LogP contribution is -2.65. The number of nitrogens with zero attached hydrogens (tertiary/aromatic N) is 1. The molecule has 5 heteroatoms. The number of piperidine rings is 1. The van der Waals surface area contributed by atoms with E-state index in [-0.39, 0.29) is 24.4 Å². The third-order valence-electron chi connectivity index (χ3n) is 6.38. The van der Waals surface area contributed by atoms with Crippen molar-refractivity contribution in [3.8, 4) is 0 Å². The van der Waals surface area contributed by atoms with Gasteiger partial charge in [-0.3, -0.25) is 4.90 Å². The zero-order chi connectivity index (χ0) is 23.4. The Bertz CT molecular complexity index is 409. The van der Waals surface area contributed by atoms with Crippen LogP contribution in [-0.4, -0.2) is 75.4 Å². The maximum absolute atomic E-state index is 6.58. The first-order valence-electron chi connectivity index (χ1n) is 13.9. The van der Waals surface area contributed by atoms with Gasteiger partial charge in [0.1, 0.15) is 12.2 Å². The number of hydrogen-bond acceptors (Lipinski definition) is 5. The zero-order valence-electron chi connectivity index (χ0n) is 22.1. The molecule has 0 bridgehead atoms. The van der Waals surface area contributed by atoms with Crippen molar-refractivity contribution < 1.29 is 18.9 Å². The minimum absolute atomic E-state index is 0.00188. The van der Waals surface area contributed by atoms with Crippen molar-refractivity contribution in [1.29, 1.82) is 0 Å². The average Bonchev–Trinajstić information content (AvgIpc) is 2.79. The van der Waals surface area contributed by atoms with E-state index in [9.17, 15) is 0 Å². The summed E-state index contributed by atoms with van der Waals surface area (Å²) in [6, 6.07) is 0.234. The van der Waals surface area contributed by atoms with Crippen molar-refractivity contribution in [2.75, 3.05) is 46.1 Å². The summed E-state index contributed by atoms with van der Waals surface area (Å²) in [4.78, 5) is 2.59. The van der Waals surface area contributed by atoms with Gasteiger partial charge in [-0.1, -0.05) is 73.1 Å². The van der Waals surface area contributed by atoms with Crippen molar-refractivity contribution >= 4 is 0 Å². The highest BCUT2D eigenvalue weighted by Gasteiger charge is 2.45. The van der Waals surface area contributed by atoms with E-state index in [0.29, 0.717) is 0 Å². The second-order valence-electron chi connectivity index (χ2n) is 9.34. The van der Waals surface area contributed by atoms with Crippen molar-refractivity contribution in [3.63, 3.8) is 0 Å². The molecule has 4 atom stereocenters. The van der Waals surface area contributed by atoms with Gasteiger partial charge < -0.3 is 18.9 Å². The van der Waals surface area contributed by atoms with Crippen LogP contribution in [0.3, 0.4) is 0 Å². The quantitative estimate of drug-likeness (QED) is 0.191. The van der Waals surface area contributed by atoms with Crippen LogP contribution in [0.25, 0.3) is 0 Å². The van der Waals surface area contributed by atoms with Crippen LogP contribution in [0.1, 0.15) is 105 Å². The molecule has 1 fully saturated rings. The Labute approximate surface area is 199 Å². The number of ether oxygens (including phenoxy) is 4. The largest absolute Gasteiger partial charge is 0.380 e. The van der Waals surface area contributed by atoms with Gasteiger partial charge in [0.05, 0.1) is 18.8 Å². The smallest absolute Gasteiger partial charge is 0.113 e. The summed E-state index contributed by atoms with van der Waals surface area (Å²) >= 11 is 0. The zero-order valence-corrected chi connectivity index (χ0v) is 22.1. The molecule has 1 aliphatic rings. The maximum atomic E-state index is 6.58. The SMILES string of the molecule is CCCCCN1CC(OCCCC)C(OCCCC)C(OCCCC)C1COCCCC. The van der Waals surface area contributed by atoms with Gasteiger partial charge in [0.15, 0.2) is 0 Å². The lowest BCUT2D eigenvalue weighted by Gasteiger charge is -2.48. The first kappa shape index (κ1) is 29.8. The summed E-state index contributed by atoms with van der Waals surface area (Å²) in [5, 5.41) is 0. The maximum Gasteiger partial charge on any atom is 0.113 e. The fraction of sp³-hybridized carbons (Fsp3) is 1.00. The normalized spacial score (nSPS) is 24.3. The molecule has 32 heavy (non-hydrogen) atoms. The van der Waals surface area contributed by atoms with Crippen LogP contribution >= 0.6 is 0 Å². The van der Waals surface area contributed by atoms with E-state index < -0.39 is 0 Å². The topological polar surface area (TPSA) is 40.2 Å². The lowest BCUT2D eigenvalue weighted by molar-refractivity contribution is -0.201. The molecule has 0 spiro atoms. The Morgan fingerprint density at radius 2 is 1.12 bits per heavy atom. The number of likely N-dealkylation sites (tertiary alicyclic amines) is 1. The molecule has 0 aromatic carbocycles. The Hall–Kier alpha value is -0.200.